The number of hydrogen-bond donors (Lipinski definition) is 0. The van der Waals surface area contributed by atoms with Crippen LogP contribution < -0.4 is 4.74 Å². The maximum absolute atomic E-state index is 11.7. The fraction of sp³-hybridized carbons (Fsp3) is 0.321. The highest BCUT2D eigenvalue weighted by Gasteiger charge is 2.21. The smallest absolute Gasteiger partial charge is 0.303 e. The first-order valence-corrected chi connectivity index (χ1v) is 11.5. The lowest BCUT2D eigenvalue weighted by Gasteiger charge is -2.20. The summed E-state index contributed by atoms with van der Waals surface area (Å²) in [4.78, 5) is 20.8. The van der Waals surface area contributed by atoms with Gasteiger partial charge in [0.2, 0.25) is 0 Å². The molecule has 2 aromatic carbocycles. The van der Waals surface area contributed by atoms with Crippen molar-refractivity contribution in [2.24, 2.45) is 0 Å². The second kappa shape index (κ2) is 12.7. The molecule has 34 heavy (non-hydrogen) atoms. The van der Waals surface area contributed by atoms with Crippen molar-refractivity contribution in [2.75, 3.05) is 13.2 Å². The predicted molar refractivity (Wildman–Crippen MR) is 135 cm³/mol. The molecule has 6 nitrogen and oxygen atoms in total. The van der Waals surface area contributed by atoms with E-state index >= 15 is 0 Å². The first-order valence-electron chi connectivity index (χ1n) is 11.5. The molecule has 0 amide bonds. The number of hydrogen-bond acceptors (Lipinski definition) is 6. The zero-order chi connectivity index (χ0) is 24.3. The molecule has 0 aliphatic rings. The molecule has 1 heterocycles. The fourth-order valence-corrected chi connectivity index (χ4v) is 3.75. The van der Waals surface area contributed by atoms with E-state index in [0.29, 0.717) is 32.0 Å². The van der Waals surface area contributed by atoms with Crippen molar-refractivity contribution < 1.29 is 19.0 Å². The van der Waals surface area contributed by atoms with Gasteiger partial charge in [-0.15, -0.1) is 13.2 Å². The van der Waals surface area contributed by atoms with Crippen LogP contribution >= 0.6 is 0 Å². The van der Waals surface area contributed by atoms with Gasteiger partial charge in [0.1, 0.15) is 18.2 Å². The predicted octanol–water partition coefficient (Wildman–Crippen LogP) is 6.36. The molecule has 3 aromatic rings. The minimum atomic E-state index is -0.417. The average molecular weight is 461 g/mol. The van der Waals surface area contributed by atoms with E-state index in [2.05, 4.69) is 29.2 Å². The third kappa shape index (κ3) is 6.51. The highest BCUT2D eigenvalue weighted by Crippen LogP contribution is 2.36. The molecule has 0 aliphatic heterocycles. The molecule has 178 valence electrons. The SMILES string of the molecule is C=CCCCOc1cc2c(-c3cccc(COCC=C)c3)ncnc2cc1C(CC)OC(C)=O. The second-order valence-corrected chi connectivity index (χ2v) is 7.92. The van der Waals surface area contributed by atoms with Gasteiger partial charge in [0.15, 0.2) is 0 Å². The molecule has 1 aromatic heterocycles. The molecule has 3 rings (SSSR count). The van der Waals surface area contributed by atoms with Crippen LogP contribution in [-0.4, -0.2) is 29.2 Å². The fourth-order valence-electron chi connectivity index (χ4n) is 3.75. The molecule has 0 radical (unpaired) electrons. The Kier molecular flexibility index (Phi) is 9.35. The first kappa shape index (κ1) is 25.1. The number of allylic oxidation sites excluding steroid dienone is 1. The number of aromatic nitrogens is 2. The van der Waals surface area contributed by atoms with Gasteiger partial charge in [-0.2, -0.15) is 0 Å². The number of nitrogens with zero attached hydrogens (tertiary/aromatic N) is 2. The number of carbonyl (C=O) groups excluding carboxylic acids is 1. The van der Waals surface area contributed by atoms with Crippen LogP contribution in [0.2, 0.25) is 0 Å². The average Bonchev–Trinajstić information content (AvgIpc) is 2.84. The van der Waals surface area contributed by atoms with E-state index in [1.54, 1.807) is 12.4 Å². The lowest BCUT2D eigenvalue weighted by molar-refractivity contribution is -0.146. The van der Waals surface area contributed by atoms with Crippen molar-refractivity contribution >= 4 is 16.9 Å². The largest absolute Gasteiger partial charge is 0.493 e. The molecular formula is C28H32N2O4. The summed E-state index contributed by atoms with van der Waals surface area (Å²) in [7, 11) is 0. The number of unbranched alkanes of at least 4 members (excludes halogenated alkanes) is 1. The van der Waals surface area contributed by atoms with E-state index < -0.39 is 6.10 Å². The number of ether oxygens (including phenoxy) is 3. The van der Waals surface area contributed by atoms with Crippen molar-refractivity contribution in [1.82, 2.24) is 9.97 Å². The van der Waals surface area contributed by atoms with Gasteiger partial charge in [-0.3, -0.25) is 4.79 Å². The van der Waals surface area contributed by atoms with Gasteiger partial charge in [-0.1, -0.05) is 37.3 Å². The Hall–Kier alpha value is -3.51. The van der Waals surface area contributed by atoms with Crippen molar-refractivity contribution in [3.63, 3.8) is 0 Å². The Morgan fingerprint density at radius 2 is 2.00 bits per heavy atom. The van der Waals surface area contributed by atoms with Gasteiger partial charge in [-0.05, 0) is 43.0 Å². The van der Waals surface area contributed by atoms with Crippen molar-refractivity contribution in [3.8, 4) is 17.0 Å². The van der Waals surface area contributed by atoms with Crippen LogP contribution in [0.15, 0.2) is 68.0 Å². The zero-order valence-electron chi connectivity index (χ0n) is 20.0. The Bertz CT molecular complexity index is 1140. The molecule has 1 unspecified atom stereocenters. The topological polar surface area (TPSA) is 70.5 Å². The highest BCUT2D eigenvalue weighted by molar-refractivity contribution is 5.93. The molecule has 0 saturated carbocycles. The van der Waals surface area contributed by atoms with Gasteiger partial charge in [-0.25, -0.2) is 9.97 Å². The van der Waals surface area contributed by atoms with Gasteiger partial charge in [0, 0.05) is 23.4 Å². The van der Waals surface area contributed by atoms with Crippen LogP contribution in [0.5, 0.6) is 5.75 Å². The number of carbonyl (C=O) groups is 1. The summed E-state index contributed by atoms with van der Waals surface area (Å²) in [6.45, 7) is 12.4. The summed E-state index contributed by atoms with van der Waals surface area (Å²) in [5, 5.41) is 0.867. The summed E-state index contributed by atoms with van der Waals surface area (Å²) >= 11 is 0. The summed E-state index contributed by atoms with van der Waals surface area (Å²) < 4.78 is 17.3. The zero-order valence-corrected chi connectivity index (χ0v) is 20.0. The Labute approximate surface area is 201 Å². The number of rotatable bonds is 13. The summed E-state index contributed by atoms with van der Waals surface area (Å²) in [5.74, 6) is 0.342. The molecule has 0 fully saturated rings. The lowest BCUT2D eigenvalue weighted by atomic mass is 9.99. The molecule has 0 aliphatic carbocycles. The van der Waals surface area contributed by atoms with Crippen LogP contribution in [0.3, 0.4) is 0 Å². The quantitative estimate of drug-likeness (QED) is 0.168. The van der Waals surface area contributed by atoms with Crippen molar-refractivity contribution in [3.05, 3.63) is 79.2 Å². The second-order valence-electron chi connectivity index (χ2n) is 7.92. The maximum Gasteiger partial charge on any atom is 0.303 e. The summed E-state index contributed by atoms with van der Waals surface area (Å²) in [5.41, 5.74) is 4.38. The third-order valence-electron chi connectivity index (χ3n) is 5.31. The van der Waals surface area contributed by atoms with Crippen molar-refractivity contribution in [1.29, 1.82) is 0 Å². The van der Waals surface area contributed by atoms with E-state index in [9.17, 15) is 4.79 Å². The normalized spacial score (nSPS) is 11.7. The first-order chi connectivity index (χ1) is 16.6. The minimum absolute atomic E-state index is 0.330. The molecule has 0 bridgehead atoms. The van der Waals surface area contributed by atoms with E-state index in [0.717, 1.165) is 46.1 Å². The Morgan fingerprint density at radius 3 is 2.74 bits per heavy atom. The standard InChI is InChI=1S/C28H32N2O4/c1-5-8-9-14-33-27-17-23-25(16-24(27)26(7-3)34-20(4)31)29-19-30-28(23)22-12-10-11-21(15-22)18-32-13-6-2/h5-6,10-12,15-17,19,26H,1-2,7-9,13-14,18H2,3-4H3. The van der Waals surface area contributed by atoms with Crippen LogP contribution in [-0.2, 0) is 20.9 Å². The van der Waals surface area contributed by atoms with Crippen LogP contribution in [0.25, 0.3) is 22.2 Å². The third-order valence-corrected chi connectivity index (χ3v) is 5.31. The number of esters is 1. The van der Waals surface area contributed by atoms with Crippen LogP contribution in [0.4, 0.5) is 0 Å². The highest BCUT2D eigenvalue weighted by atomic mass is 16.5. The number of benzene rings is 2. The molecule has 0 saturated heterocycles. The molecule has 0 spiro atoms. The van der Waals surface area contributed by atoms with E-state index in [1.165, 1.54) is 6.92 Å². The summed E-state index contributed by atoms with van der Waals surface area (Å²) in [6.07, 6.45) is 7.07. The van der Waals surface area contributed by atoms with Crippen LogP contribution in [0.1, 0.15) is 50.3 Å². The maximum atomic E-state index is 11.7. The Balaban J connectivity index is 2.06. The summed E-state index contributed by atoms with van der Waals surface area (Å²) in [6, 6.07) is 12.0. The molecule has 0 N–H and O–H groups in total. The van der Waals surface area contributed by atoms with Gasteiger partial charge in [0.05, 0.1) is 31.0 Å². The van der Waals surface area contributed by atoms with Crippen LogP contribution in [0, 0.1) is 0 Å². The molecule has 1 atom stereocenters. The van der Waals surface area contributed by atoms with Gasteiger partial charge in [0.25, 0.3) is 0 Å². The van der Waals surface area contributed by atoms with Crippen molar-refractivity contribution in [2.45, 2.75) is 45.8 Å². The van der Waals surface area contributed by atoms with Gasteiger partial charge < -0.3 is 14.2 Å². The van der Waals surface area contributed by atoms with E-state index in [4.69, 9.17) is 14.2 Å². The lowest BCUT2D eigenvalue weighted by Crippen LogP contribution is -2.10. The number of fused-ring (bicyclic) bond motifs is 1. The van der Waals surface area contributed by atoms with E-state index in [-0.39, 0.29) is 5.97 Å². The monoisotopic (exact) mass is 460 g/mol. The molecular weight excluding hydrogens is 428 g/mol. The van der Waals surface area contributed by atoms with Gasteiger partial charge >= 0.3 is 5.97 Å². The Morgan fingerprint density at radius 1 is 1.15 bits per heavy atom. The van der Waals surface area contributed by atoms with E-state index in [1.807, 2.05) is 43.3 Å². The molecule has 6 heteroatoms. The minimum Gasteiger partial charge on any atom is -0.493 e.